The molecule has 0 saturated carbocycles. The van der Waals surface area contributed by atoms with Gasteiger partial charge in [0.2, 0.25) is 5.82 Å². The molecule has 0 atom stereocenters. The summed E-state index contributed by atoms with van der Waals surface area (Å²) in [7, 11) is 0. The van der Waals surface area contributed by atoms with Crippen LogP contribution in [0.25, 0.3) is 0 Å². The first-order valence-corrected chi connectivity index (χ1v) is 5.97. The maximum absolute atomic E-state index is 10.9. The molecule has 0 radical (unpaired) electrons. The van der Waals surface area contributed by atoms with Gasteiger partial charge in [-0.05, 0) is 15.9 Å². The topological polar surface area (TPSA) is 96.7 Å². The summed E-state index contributed by atoms with van der Waals surface area (Å²) >= 11 is 3.16. The van der Waals surface area contributed by atoms with Gasteiger partial charge < -0.3 is 10.3 Å². The molecular weight excluding hydrogens is 302 g/mol. The van der Waals surface area contributed by atoms with E-state index in [1.54, 1.807) is 12.5 Å². The van der Waals surface area contributed by atoms with Crippen LogP contribution in [-0.2, 0) is 6.42 Å². The predicted molar refractivity (Wildman–Crippen MR) is 69.4 cm³/mol. The van der Waals surface area contributed by atoms with E-state index in [9.17, 15) is 10.1 Å². The van der Waals surface area contributed by atoms with Gasteiger partial charge >= 0.3 is 5.69 Å². The molecule has 0 fully saturated rings. The molecule has 2 heterocycles. The van der Waals surface area contributed by atoms with Crippen molar-refractivity contribution in [2.75, 3.05) is 11.9 Å². The van der Waals surface area contributed by atoms with Crippen LogP contribution in [-0.4, -0.2) is 26.4 Å². The van der Waals surface area contributed by atoms with Gasteiger partial charge in [-0.1, -0.05) is 0 Å². The zero-order chi connectivity index (χ0) is 13.0. The molecule has 7 nitrogen and oxygen atoms in total. The van der Waals surface area contributed by atoms with Crippen LogP contribution in [0, 0.1) is 10.1 Å². The van der Waals surface area contributed by atoms with Crippen molar-refractivity contribution in [2.45, 2.75) is 6.42 Å². The van der Waals surface area contributed by atoms with Gasteiger partial charge in [0.15, 0.2) is 0 Å². The molecule has 0 unspecified atom stereocenters. The van der Waals surface area contributed by atoms with Crippen LogP contribution in [0.5, 0.6) is 0 Å². The number of imidazole rings is 1. The van der Waals surface area contributed by atoms with Crippen molar-refractivity contribution < 1.29 is 4.92 Å². The Bertz CT molecular complexity index is 543. The number of pyridine rings is 1. The highest BCUT2D eigenvalue weighted by atomic mass is 79.9. The third-order valence-corrected chi connectivity index (χ3v) is 2.71. The lowest BCUT2D eigenvalue weighted by molar-refractivity contribution is -0.384. The van der Waals surface area contributed by atoms with Crippen molar-refractivity contribution in [3.05, 3.63) is 45.1 Å². The Morgan fingerprint density at radius 3 is 3.00 bits per heavy atom. The number of aromatic nitrogens is 3. The van der Waals surface area contributed by atoms with Crippen LogP contribution in [0.4, 0.5) is 11.5 Å². The number of H-pyrrole nitrogens is 1. The first kappa shape index (κ1) is 12.5. The molecule has 2 N–H and O–H groups in total. The molecule has 0 saturated heterocycles. The number of hydrogen-bond donors (Lipinski definition) is 2. The van der Waals surface area contributed by atoms with E-state index in [4.69, 9.17) is 0 Å². The number of anilines is 1. The summed E-state index contributed by atoms with van der Waals surface area (Å²) in [6.45, 7) is 0.539. The minimum atomic E-state index is -0.462. The molecule has 0 aliphatic carbocycles. The van der Waals surface area contributed by atoms with Crippen LogP contribution < -0.4 is 5.32 Å². The molecule has 0 amide bonds. The number of nitro groups is 1. The van der Waals surface area contributed by atoms with Crippen molar-refractivity contribution in [3.63, 3.8) is 0 Å². The third kappa shape index (κ3) is 3.04. The van der Waals surface area contributed by atoms with E-state index in [1.165, 1.54) is 12.3 Å². The monoisotopic (exact) mass is 311 g/mol. The first-order valence-electron chi connectivity index (χ1n) is 5.18. The average Bonchev–Trinajstić information content (AvgIpc) is 2.84. The van der Waals surface area contributed by atoms with Crippen LogP contribution in [0.15, 0.2) is 29.3 Å². The Labute approximate surface area is 111 Å². The molecule has 2 rings (SSSR count). The maximum Gasteiger partial charge on any atom is 0.312 e. The van der Waals surface area contributed by atoms with Crippen LogP contribution >= 0.6 is 15.9 Å². The van der Waals surface area contributed by atoms with Gasteiger partial charge in [-0.25, -0.2) is 9.97 Å². The summed E-state index contributed by atoms with van der Waals surface area (Å²) < 4.78 is 0.577. The molecule has 8 heteroatoms. The SMILES string of the molecule is O=[N+]([O-])c1cc(Br)cnc1NCCc1cnc[nH]1. The molecule has 0 aliphatic heterocycles. The fraction of sp³-hybridized carbons (Fsp3) is 0.200. The zero-order valence-corrected chi connectivity index (χ0v) is 10.8. The second-order valence-corrected chi connectivity index (χ2v) is 4.45. The number of aromatic amines is 1. The lowest BCUT2D eigenvalue weighted by Gasteiger charge is -2.05. The predicted octanol–water partition coefficient (Wildman–Crippen LogP) is 2.13. The van der Waals surface area contributed by atoms with Crippen molar-refractivity contribution in [1.29, 1.82) is 0 Å². The van der Waals surface area contributed by atoms with Gasteiger partial charge in [0.05, 0.1) is 11.3 Å². The Morgan fingerprint density at radius 2 is 2.33 bits per heavy atom. The first-order chi connectivity index (χ1) is 8.66. The second-order valence-electron chi connectivity index (χ2n) is 3.53. The van der Waals surface area contributed by atoms with Crippen molar-refractivity contribution in [1.82, 2.24) is 15.0 Å². The third-order valence-electron chi connectivity index (χ3n) is 2.27. The van der Waals surface area contributed by atoms with E-state index in [1.807, 2.05) is 0 Å². The van der Waals surface area contributed by atoms with E-state index >= 15 is 0 Å². The summed E-state index contributed by atoms with van der Waals surface area (Å²) in [5.74, 6) is 0.266. The molecular formula is C10H10BrN5O2. The summed E-state index contributed by atoms with van der Waals surface area (Å²) in [5, 5.41) is 13.8. The Morgan fingerprint density at radius 1 is 1.50 bits per heavy atom. The lowest BCUT2D eigenvalue weighted by atomic mass is 10.3. The minimum Gasteiger partial charge on any atom is -0.364 e. The van der Waals surface area contributed by atoms with Gasteiger partial charge in [0.1, 0.15) is 0 Å². The highest BCUT2D eigenvalue weighted by molar-refractivity contribution is 9.10. The minimum absolute atomic E-state index is 0.0472. The van der Waals surface area contributed by atoms with Crippen molar-refractivity contribution in [2.24, 2.45) is 0 Å². The maximum atomic E-state index is 10.9. The smallest absolute Gasteiger partial charge is 0.312 e. The van der Waals surface area contributed by atoms with Crippen LogP contribution in [0.3, 0.4) is 0 Å². The number of hydrogen-bond acceptors (Lipinski definition) is 5. The highest BCUT2D eigenvalue weighted by Gasteiger charge is 2.15. The van der Waals surface area contributed by atoms with E-state index in [-0.39, 0.29) is 11.5 Å². The van der Waals surface area contributed by atoms with Gasteiger partial charge in [-0.15, -0.1) is 0 Å². The number of nitrogens with one attached hydrogen (secondary N) is 2. The molecule has 18 heavy (non-hydrogen) atoms. The van der Waals surface area contributed by atoms with Crippen LogP contribution in [0.2, 0.25) is 0 Å². The fourth-order valence-electron chi connectivity index (χ4n) is 1.44. The quantitative estimate of drug-likeness (QED) is 0.651. The zero-order valence-electron chi connectivity index (χ0n) is 9.26. The fourth-order valence-corrected chi connectivity index (χ4v) is 1.76. The van der Waals surface area contributed by atoms with Crippen molar-refractivity contribution in [3.8, 4) is 0 Å². The van der Waals surface area contributed by atoms with E-state index in [2.05, 4.69) is 36.2 Å². The summed E-state index contributed by atoms with van der Waals surface area (Å²) in [4.78, 5) is 21.2. The molecule has 0 aliphatic rings. The second kappa shape index (κ2) is 5.58. The molecule has 94 valence electrons. The van der Waals surface area contributed by atoms with Gasteiger partial charge in [-0.2, -0.15) is 0 Å². The average molecular weight is 312 g/mol. The van der Waals surface area contributed by atoms with Crippen LogP contribution in [0.1, 0.15) is 5.69 Å². The van der Waals surface area contributed by atoms with E-state index < -0.39 is 4.92 Å². The summed E-state index contributed by atoms with van der Waals surface area (Å²) in [6, 6.07) is 1.42. The summed E-state index contributed by atoms with van der Waals surface area (Å²) in [6.07, 6.45) is 5.52. The molecule has 0 bridgehead atoms. The van der Waals surface area contributed by atoms with E-state index in [0.29, 0.717) is 17.4 Å². The standard InChI is InChI=1S/C10H10BrN5O2/c11-7-3-9(16(17)18)10(14-4-7)13-2-1-8-5-12-6-15-8/h3-6H,1-2H2,(H,12,15)(H,13,14). The van der Waals surface area contributed by atoms with E-state index in [0.717, 1.165) is 5.69 Å². The van der Waals surface area contributed by atoms with Gasteiger partial charge in [-0.3, -0.25) is 10.1 Å². The molecule has 0 aromatic carbocycles. The molecule has 2 aromatic rings. The number of rotatable bonds is 5. The Hall–Kier alpha value is -1.96. The normalized spacial score (nSPS) is 10.3. The lowest BCUT2D eigenvalue weighted by Crippen LogP contribution is -2.08. The Balaban J connectivity index is 2.02. The van der Waals surface area contributed by atoms with Crippen molar-refractivity contribution >= 4 is 27.4 Å². The molecule has 2 aromatic heterocycles. The number of nitrogens with zero attached hydrogens (tertiary/aromatic N) is 3. The summed E-state index contributed by atoms with van der Waals surface area (Å²) in [5.41, 5.74) is 0.913. The van der Waals surface area contributed by atoms with Gasteiger partial charge in [0, 0.05) is 41.6 Å². The number of halogens is 1. The Kier molecular flexibility index (Phi) is 3.88. The largest absolute Gasteiger partial charge is 0.364 e. The highest BCUT2D eigenvalue weighted by Crippen LogP contribution is 2.25. The molecule has 0 spiro atoms. The van der Waals surface area contributed by atoms with Gasteiger partial charge in [0.25, 0.3) is 0 Å².